The number of amides is 1. The Balaban J connectivity index is 1.70. The van der Waals surface area contributed by atoms with Crippen molar-refractivity contribution >= 4 is 5.91 Å². The van der Waals surface area contributed by atoms with E-state index in [4.69, 9.17) is 10.5 Å². The van der Waals surface area contributed by atoms with Gasteiger partial charge in [0.25, 0.3) is 0 Å². The van der Waals surface area contributed by atoms with Crippen LogP contribution in [0.5, 0.6) is 0 Å². The van der Waals surface area contributed by atoms with Crippen LogP contribution >= 0.6 is 0 Å². The Bertz CT molecular complexity index is 330. The van der Waals surface area contributed by atoms with Crippen LogP contribution in [0.4, 0.5) is 0 Å². The predicted molar refractivity (Wildman–Crippen MR) is 73.5 cm³/mol. The zero-order valence-electron chi connectivity index (χ0n) is 12.0. The number of carbonyl (C=O) groups is 1. The molecule has 4 heteroatoms. The largest absolute Gasteiger partial charge is 0.383 e. The Morgan fingerprint density at radius 1 is 1.21 bits per heavy atom. The molecule has 19 heavy (non-hydrogen) atoms. The molecule has 0 aromatic rings. The summed E-state index contributed by atoms with van der Waals surface area (Å²) in [6.07, 6.45) is 6.76. The smallest absolute Gasteiger partial charge is 0.241 e. The lowest BCUT2D eigenvalue weighted by Gasteiger charge is -2.56. The normalized spacial score (nSPS) is 41.3. The molecular weight excluding hydrogens is 240 g/mol. The molecule has 1 amide bonds. The third-order valence-electron chi connectivity index (χ3n) is 5.64. The van der Waals surface area contributed by atoms with Crippen molar-refractivity contribution < 1.29 is 9.53 Å². The van der Waals surface area contributed by atoms with Crippen LogP contribution in [-0.2, 0) is 9.53 Å². The summed E-state index contributed by atoms with van der Waals surface area (Å²) in [6, 6.07) is -0.0737. The molecule has 0 spiro atoms. The molecule has 4 nitrogen and oxygen atoms in total. The zero-order chi connectivity index (χ0) is 13.6. The van der Waals surface area contributed by atoms with Crippen LogP contribution in [0.25, 0.3) is 0 Å². The minimum atomic E-state index is -0.507. The van der Waals surface area contributed by atoms with Crippen LogP contribution in [0, 0.1) is 23.7 Å². The fraction of sp³-hybridized carbons (Fsp3) is 0.933. The standard InChI is InChI=1S/C15H26N2O2/c1-17(15(18)13(16)8-19-2)14-11-4-9-3-10(6-11)7-12(14)5-9/h9-14H,3-8,16H2,1-2H3. The number of methoxy groups -OCH3 is 1. The second-order valence-corrected chi connectivity index (χ2v) is 6.93. The molecule has 2 N–H and O–H groups in total. The molecule has 4 rings (SSSR count). The molecule has 4 aliphatic rings. The minimum Gasteiger partial charge on any atom is -0.383 e. The molecule has 0 aromatic carbocycles. The Labute approximate surface area is 115 Å². The molecular formula is C15H26N2O2. The highest BCUT2D eigenvalue weighted by atomic mass is 16.5. The van der Waals surface area contributed by atoms with Gasteiger partial charge in [-0.25, -0.2) is 0 Å². The van der Waals surface area contributed by atoms with Crippen LogP contribution in [0.1, 0.15) is 32.1 Å². The predicted octanol–water partition coefficient (Wildman–Crippen LogP) is 1.24. The van der Waals surface area contributed by atoms with Crippen molar-refractivity contribution in [3.05, 3.63) is 0 Å². The van der Waals surface area contributed by atoms with Gasteiger partial charge < -0.3 is 15.4 Å². The van der Waals surface area contributed by atoms with Gasteiger partial charge >= 0.3 is 0 Å². The van der Waals surface area contributed by atoms with Gasteiger partial charge in [0.15, 0.2) is 0 Å². The van der Waals surface area contributed by atoms with E-state index in [1.54, 1.807) is 7.11 Å². The van der Waals surface area contributed by atoms with Crippen molar-refractivity contribution in [3.63, 3.8) is 0 Å². The number of hydrogen-bond donors (Lipinski definition) is 1. The molecule has 0 aliphatic heterocycles. The van der Waals surface area contributed by atoms with Gasteiger partial charge in [0, 0.05) is 20.2 Å². The minimum absolute atomic E-state index is 0.0549. The van der Waals surface area contributed by atoms with E-state index < -0.39 is 6.04 Å². The molecule has 1 unspecified atom stereocenters. The van der Waals surface area contributed by atoms with Crippen molar-refractivity contribution in [3.8, 4) is 0 Å². The summed E-state index contributed by atoms with van der Waals surface area (Å²) < 4.78 is 5.01. The number of rotatable bonds is 4. The summed E-state index contributed by atoms with van der Waals surface area (Å²) in [5.74, 6) is 3.38. The van der Waals surface area contributed by atoms with Gasteiger partial charge in [-0.3, -0.25) is 4.79 Å². The van der Waals surface area contributed by atoms with Crippen LogP contribution in [-0.4, -0.2) is 43.7 Å². The molecule has 0 aromatic heterocycles. The maximum absolute atomic E-state index is 12.4. The van der Waals surface area contributed by atoms with Crippen molar-refractivity contribution in [1.29, 1.82) is 0 Å². The van der Waals surface area contributed by atoms with Crippen LogP contribution in [0.2, 0.25) is 0 Å². The summed E-state index contributed by atoms with van der Waals surface area (Å²) in [5.41, 5.74) is 5.91. The lowest BCUT2D eigenvalue weighted by atomic mass is 9.54. The number of hydrogen-bond acceptors (Lipinski definition) is 3. The fourth-order valence-electron chi connectivity index (χ4n) is 5.19. The van der Waals surface area contributed by atoms with E-state index in [1.165, 1.54) is 32.1 Å². The summed E-state index contributed by atoms with van der Waals surface area (Å²) in [4.78, 5) is 14.3. The average Bonchev–Trinajstić information content (AvgIpc) is 2.36. The molecule has 4 aliphatic carbocycles. The second-order valence-electron chi connectivity index (χ2n) is 6.93. The number of nitrogens with zero attached hydrogens (tertiary/aromatic N) is 1. The van der Waals surface area contributed by atoms with E-state index in [9.17, 15) is 4.79 Å². The lowest BCUT2D eigenvalue weighted by molar-refractivity contribution is -0.143. The first kappa shape index (κ1) is 13.4. The lowest BCUT2D eigenvalue weighted by Crippen LogP contribution is -2.59. The second kappa shape index (κ2) is 5.06. The first-order valence-electron chi connectivity index (χ1n) is 7.61. The molecule has 0 radical (unpaired) electrons. The van der Waals surface area contributed by atoms with Crippen molar-refractivity contribution in [2.75, 3.05) is 20.8 Å². The van der Waals surface area contributed by atoms with Gasteiger partial charge in [-0.1, -0.05) is 0 Å². The Morgan fingerprint density at radius 3 is 2.21 bits per heavy atom. The van der Waals surface area contributed by atoms with Gasteiger partial charge in [0.1, 0.15) is 6.04 Å². The van der Waals surface area contributed by atoms with Gasteiger partial charge in [0.2, 0.25) is 5.91 Å². The maximum atomic E-state index is 12.4. The third-order valence-corrected chi connectivity index (χ3v) is 5.64. The maximum Gasteiger partial charge on any atom is 0.241 e. The third kappa shape index (κ3) is 2.29. The van der Waals surface area contributed by atoms with Crippen LogP contribution in [0.3, 0.4) is 0 Å². The topological polar surface area (TPSA) is 55.6 Å². The Morgan fingerprint density at radius 2 is 1.74 bits per heavy atom. The quantitative estimate of drug-likeness (QED) is 0.833. The van der Waals surface area contributed by atoms with Crippen LogP contribution in [0.15, 0.2) is 0 Å². The molecule has 0 saturated heterocycles. The molecule has 0 heterocycles. The zero-order valence-corrected chi connectivity index (χ0v) is 12.0. The van der Waals surface area contributed by atoms with E-state index in [1.807, 2.05) is 11.9 Å². The molecule has 1 atom stereocenters. The summed E-state index contributed by atoms with van der Waals surface area (Å²) in [5, 5.41) is 0. The summed E-state index contributed by atoms with van der Waals surface area (Å²) in [6.45, 7) is 0.316. The van der Waals surface area contributed by atoms with E-state index in [-0.39, 0.29) is 5.91 Å². The van der Waals surface area contributed by atoms with Crippen molar-refractivity contribution in [1.82, 2.24) is 4.90 Å². The van der Waals surface area contributed by atoms with E-state index in [0.717, 1.165) is 23.7 Å². The number of nitrogens with two attached hydrogens (primary N) is 1. The summed E-state index contributed by atoms with van der Waals surface area (Å²) in [7, 11) is 3.54. The number of carbonyl (C=O) groups excluding carboxylic acids is 1. The fourth-order valence-corrected chi connectivity index (χ4v) is 5.19. The van der Waals surface area contributed by atoms with Crippen molar-refractivity contribution in [2.24, 2.45) is 29.4 Å². The van der Waals surface area contributed by atoms with Gasteiger partial charge in [-0.2, -0.15) is 0 Å². The first-order valence-corrected chi connectivity index (χ1v) is 7.61. The highest BCUT2D eigenvalue weighted by Crippen LogP contribution is 2.54. The highest BCUT2D eigenvalue weighted by Gasteiger charge is 2.50. The average molecular weight is 266 g/mol. The summed E-state index contributed by atoms with van der Waals surface area (Å²) >= 11 is 0. The molecule has 4 bridgehead atoms. The van der Waals surface area contributed by atoms with Crippen molar-refractivity contribution in [2.45, 2.75) is 44.2 Å². The number of likely N-dealkylation sites (N-methyl/N-ethyl adjacent to an activating group) is 1. The van der Waals surface area contributed by atoms with E-state index >= 15 is 0 Å². The SMILES string of the molecule is COCC(N)C(=O)N(C)C1C2CC3CC(C2)CC1C3. The molecule has 4 saturated carbocycles. The Hall–Kier alpha value is -0.610. The highest BCUT2D eigenvalue weighted by molar-refractivity contribution is 5.82. The Kier molecular flexibility index (Phi) is 3.56. The van der Waals surface area contributed by atoms with Crippen LogP contribution < -0.4 is 5.73 Å². The molecule has 108 valence electrons. The van der Waals surface area contributed by atoms with Gasteiger partial charge in [-0.15, -0.1) is 0 Å². The first-order chi connectivity index (χ1) is 9.10. The monoisotopic (exact) mass is 266 g/mol. The molecule has 4 fully saturated rings. The van der Waals surface area contributed by atoms with E-state index in [0.29, 0.717) is 12.6 Å². The van der Waals surface area contributed by atoms with Gasteiger partial charge in [-0.05, 0) is 55.8 Å². The number of ether oxygens (including phenoxy) is 1. The van der Waals surface area contributed by atoms with E-state index in [2.05, 4.69) is 0 Å². The van der Waals surface area contributed by atoms with Gasteiger partial charge in [0.05, 0.1) is 6.61 Å².